The van der Waals surface area contributed by atoms with E-state index in [1.165, 1.54) is 12.1 Å². The van der Waals surface area contributed by atoms with Crippen LogP contribution in [0.1, 0.15) is 12.8 Å². The first-order valence-corrected chi connectivity index (χ1v) is 9.20. The number of rotatable bonds is 4. The second-order valence-corrected chi connectivity index (χ2v) is 7.34. The molecule has 5 nitrogen and oxygen atoms in total. The number of anilines is 1. The molecule has 0 bridgehead atoms. The summed E-state index contributed by atoms with van der Waals surface area (Å²) >= 11 is 0. The van der Waals surface area contributed by atoms with Gasteiger partial charge in [0.1, 0.15) is 5.82 Å². The lowest BCUT2D eigenvalue weighted by Gasteiger charge is -2.25. The Morgan fingerprint density at radius 1 is 1.12 bits per heavy atom. The summed E-state index contributed by atoms with van der Waals surface area (Å²) in [7, 11) is 4.21. The fraction of sp³-hybridized carbons (Fsp3) is 0.632. The highest BCUT2D eigenvalue weighted by atomic mass is 19.1. The Morgan fingerprint density at radius 3 is 2.56 bits per heavy atom. The molecule has 2 heterocycles. The van der Waals surface area contributed by atoms with Gasteiger partial charge >= 0.3 is 0 Å². The van der Waals surface area contributed by atoms with Crippen molar-refractivity contribution in [1.29, 1.82) is 0 Å². The van der Waals surface area contributed by atoms with Gasteiger partial charge in [0.05, 0.1) is 6.54 Å². The zero-order chi connectivity index (χ0) is 17.8. The average molecular weight is 348 g/mol. The van der Waals surface area contributed by atoms with Crippen LogP contribution in [-0.2, 0) is 4.79 Å². The van der Waals surface area contributed by atoms with Gasteiger partial charge in [-0.05, 0) is 51.2 Å². The standard InChI is InChI=1S/C19H29FN4O/c1-21(2)18-8-11-22(14-18)15-19(25)24-10-3-9-23(12-13-24)17-6-4-16(20)5-7-17/h4-7,18H,3,8-15H2,1-2H3/t18-/m0/s1. The quantitative estimate of drug-likeness (QED) is 0.825. The third-order valence-corrected chi connectivity index (χ3v) is 5.38. The lowest BCUT2D eigenvalue weighted by molar-refractivity contribution is -0.132. The van der Waals surface area contributed by atoms with Crippen LogP contribution >= 0.6 is 0 Å². The summed E-state index contributed by atoms with van der Waals surface area (Å²) in [6.45, 7) is 5.77. The summed E-state index contributed by atoms with van der Waals surface area (Å²) in [5.41, 5.74) is 1.03. The highest BCUT2D eigenvalue weighted by Gasteiger charge is 2.27. The van der Waals surface area contributed by atoms with E-state index < -0.39 is 0 Å². The highest BCUT2D eigenvalue weighted by Crippen LogP contribution is 2.18. The van der Waals surface area contributed by atoms with Crippen molar-refractivity contribution >= 4 is 11.6 Å². The molecule has 1 aromatic rings. The summed E-state index contributed by atoms with van der Waals surface area (Å²) in [6.07, 6.45) is 2.09. The van der Waals surface area contributed by atoms with E-state index in [9.17, 15) is 9.18 Å². The molecule has 0 radical (unpaired) electrons. The van der Waals surface area contributed by atoms with E-state index in [0.29, 0.717) is 12.6 Å². The number of likely N-dealkylation sites (N-methyl/N-ethyl adjacent to an activating group) is 1. The maximum atomic E-state index is 13.1. The van der Waals surface area contributed by atoms with Gasteiger partial charge in [0.15, 0.2) is 0 Å². The van der Waals surface area contributed by atoms with Crippen molar-refractivity contribution < 1.29 is 9.18 Å². The first-order chi connectivity index (χ1) is 12.0. The van der Waals surface area contributed by atoms with Crippen LogP contribution < -0.4 is 4.90 Å². The molecule has 1 amide bonds. The minimum Gasteiger partial charge on any atom is -0.370 e. The van der Waals surface area contributed by atoms with Gasteiger partial charge in [0, 0.05) is 51.0 Å². The van der Waals surface area contributed by atoms with E-state index in [-0.39, 0.29) is 11.7 Å². The zero-order valence-electron chi connectivity index (χ0n) is 15.3. The normalized spacial score (nSPS) is 22.5. The van der Waals surface area contributed by atoms with Crippen LogP contribution in [0.2, 0.25) is 0 Å². The van der Waals surface area contributed by atoms with Crippen LogP contribution in [-0.4, -0.2) is 86.6 Å². The molecule has 2 aliphatic heterocycles. The van der Waals surface area contributed by atoms with Crippen molar-refractivity contribution in [3.63, 3.8) is 0 Å². The monoisotopic (exact) mass is 348 g/mol. The van der Waals surface area contributed by atoms with E-state index >= 15 is 0 Å². The van der Waals surface area contributed by atoms with Crippen LogP contribution in [0.5, 0.6) is 0 Å². The molecule has 1 atom stereocenters. The van der Waals surface area contributed by atoms with E-state index in [1.54, 1.807) is 0 Å². The SMILES string of the molecule is CN(C)[C@H]1CCN(CC(=O)N2CCCN(c3ccc(F)cc3)CC2)C1. The summed E-state index contributed by atoms with van der Waals surface area (Å²) in [4.78, 5) is 21.4. The molecule has 2 saturated heterocycles. The van der Waals surface area contributed by atoms with Crippen LogP contribution in [0, 0.1) is 5.82 Å². The third kappa shape index (κ3) is 4.70. The smallest absolute Gasteiger partial charge is 0.236 e. The lowest BCUT2D eigenvalue weighted by atomic mass is 10.2. The molecule has 138 valence electrons. The maximum absolute atomic E-state index is 13.1. The molecule has 2 aliphatic rings. The summed E-state index contributed by atoms with van der Waals surface area (Å²) < 4.78 is 13.1. The largest absolute Gasteiger partial charge is 0.370 e. The maximum Gasteiger partial charge on any atom is 0.236 e. The van der Waals surface area contributed by atoms with Crippen molar-refractivity contribution in [3.8, 4) is 0 Å². The van der Waals surface area contributed by atoms with Gasteiger partial charge in [0.2, 0.25) is 5.91 Å². The van der Waals surface area contributed by atoms with Crippen LogP contribution in [0.15, 0.2) is 24.3 Å². The third-order valence-electron chi connectivity index (χ3n) is 5.38. The Labute approximate surface area is 150 Å². The van der Waals surface area contributed by atoms with Gasteiger partial charge < -0.3 is 14.7 Å². The molecule has 2 fully saturated rings. The average Bonchev–Trinajstić information content (AvgIpc) is 2.91. The Bertz CT molecular complexity index is 577. The van der Waals surface area contributed by atoms with E-state index in [1.807, 2.05) is 17.0 Å². The number of hydrogen-bond acceptors (Lipinski definition) is 4. The Kier molecular flexibility index (Phi) is 5.91. The minimum absolute atomic E-state index is 0.211. The Morgan fingerprint density at radius 2 is 1.88 bits per heavy atom. The Hall–Kier alpha value is -1.66. The number of carbonyl (C=O) groups is 1. The van der Waals surface area contributed by atoms with Gasteiger partial charge in [-0.25, -0.2) is 4.39 Å². The zero-order valence-corrected chi connectivity index (χ0v) is 15.3. The summed E-state index contributed by atoms with van der Waals surface area (Å²) in [6, 6.07) is 7.19. The molecule has 6 heteroatoms. The second-order valence-electron chi connectivity index (χ2n) is 7.34. The molecule has 0 aliphatic carbocycles. The van der Waals surface area contributed by atoms with Crippen LogP contribution in [0.25, 0.3) is 0 Å². The van der Waals surface area contributed by atoms with Gasteiger partial charge in [-0.2, -0.15) is 0 Å². The van der Waals surface area contributed by atoms with Crippen molar-refractivity contribution in [3.05, 3.63) is 30.1 Å². The van der Waals surface area contributed by atoms with E-state index in [4.69, 9.17) is 0 Å². The van der Waals surface area contributed by atoms with Gasteiger partial charge in [0.25, 0.3) is 0 Å². The molecule has 0 spiro atoms. The summed E-state index contributed by atoms with van der Waals surface area (Å²) in [5.74, 6) is 0.0254. The van der Waals surface area contributed by atoms with Crippen molar-refractivity contribution in [2.45, 2.75) is 18.9 Å². The molecule has 0 unspecified atom stereocenters. The molecule has 25 heavy (non-hydrogen) atoms. The van der Waals surface area contributed by atoms with Crippen molar-refractivity contribution in [2.75, 3.05) is 64.8 Å². The predicted molar refractivity (Wildman–Crippen MR) is 98.3 cm³/mol. The van der Waals surface area contributed by atoms with E-state index in [2.05, 4.69) is 28.8 Å². The highest BCUT2D eigenvalue weighted by molar-refractivity contribution is 5.78. The molecule has 0 aromatic heterocycles. The fourth-order valence-corrected chi connectivity index (χ4v) is 3.75. The van der Waals surface area contributed by atoms with Gasteiger partial charge in [-0.3, -0.25) is 9.69 Å². The van der Waals surface area contributed by atoms with Crippen LogP contribution in [0.4, 0.5) is 10.1 Å². The van der Waals surface area contributed by atoms with Gasteiger partial charge in [-0.1, -0.05) is 0 Å². The topological polar surface area (TPSA) is 30.0 Å². The number of hydrogen-bond donors (Lipinski definition) is 0. The summed E-state index contributed by atoms with van der Waals surface area (Å²) in [5, 5.41) is 0. The van der Waals surface area contributed by atoms with Crippen molar-refractivity contribution in [2.24, 2.45) is 0 Å². The number of likely N-dealkylation sites (tertiary alicyclic amines) is 1. The van der Waals surface area contributed by atoms with Crippen LogP contribution in [0.3, 0.4) is 0 Å². The Balaban J connectivity index is 1.51. The minimum atomic E-state index is -0.211. The number of amides is 1. The molecule has 0 saturated carbocycles. The number of carbonyl (C=O) groups excluding carboxylic acids is 1. The molecule has 1 aromatic carbocycles. The van der Waals surface area contributed by atoms with Crippen molar-refractivity contribution in [1.82, 2.24) is 14.7 Å². The van der Waals surface area contributed by atoms with Gasteiger partial charge in [-0.15, -0.1) is 0 Å². The molecular formula is C19H29FN4O. The van der Waals surface area contributed by atoms with E-state index in [0.717, 1.165) is 57.8 Å². The second kappa shape index (κ2) is 8.15. The first-order valence-electron chi connectivity index (χ1n) is 9.20. The lowest BCUT2D eigenvalue weighted by Crippen LogP contribution is -2.42. The molecular weight excluding hydrogens is 319 g/mol. The number of halogens is 1. The number of benzene rings is 1. The first kappa shape index (κ1) is 18.1. The molecule has 3 rings (SSSR count). The fourth-order valence-electron chi connectivity index (χ4n) is 3.75. The molecule has 0 N–H and O–H groups in total. The number of nitrogens with zero attached hydrogens (tertiary/aromatic N) is 4. The predicted octanol–water partition coefficient (Wildman–Crippen LogP) is 1.50.